The Balaban J connectivity index is 1.35. The number of nitrogens with one attached hydrogen (secondary N) is 2. The second-order valence-electron chi connectivity index (χ2n) is 10.3. The summed E-state index contributed by atoms with van der Waals surface area (Å²) in [6.45, 7) is 2.35. The number of para-hydroxylation sites is 1. The zero-order valence-electron chi connectivity index (χ0n) is 22.0. The molecule has 1 amide bonds. The fourth-order valence-electron chi connectivity index (χ4n) is 5.78. The van der Waals surface area contributed by atoms with Crippen LogP contribution in [0.3, 0.4) is 0 Å². The SMILES string of the molecule is O=CNC1CCN([C@H](Cc2c[nH]c3ccccc23)c2nnc(CCc3ccccc3)n2Cc2ccco2)CC1. The number of carbonyl (C=O) groups excluding carboxylic acids is 1. The van der Waals surface area contributed by atoms with Crippen LogP contribution in [0.2, 0.25) is 0 Å². The number of benzene rings is 2. The highest BCUT2D eigenvalue weighted by Gasteiger charge is 2.31. The maximum absolute atomic E-state index is 11.1. The van der Waals surface area contributed by atoms with Gasteiger partial charge in [-0.05, 0) is 55.0 Å². The molecule has 8 nitrogen and oxygen atoms in total. The van der Waals surface area contributed by atoms with Gasteiger partial charge in [0.1, 0.15) is 11.6 Å². The van der Waals surface area contributed by atoms with Crippen molar-refractivity contribution in [3.8, 4) is 0 Å². The first-order valence-corrected chi connectivity index (χ1v) is 13.8. The van der Waals surface area contributed by atoms with Gasteiger partial charge >= 0.3 is 0 Å². The third-order valence-electron chi connectivity index (χ3n) is 7.89. The van der Waals surface area contributed by atoms with E-state index in [1.807, 2.05) is 18.2 Å². The molecule has 1 saturated heterocycles. The predicted octanol–water partition coefficient (Wildman–Crippen LogP) is 4.68. The van der Waals surface area contributed by atoms with Crippen LogP contribution in [0.5, 0.6) is 0 Å². The highest BCUT2D eigenvalue weighted by Crippen LogP contribution is 2.31. The van der Waals surface area contributed by atoms with Gasteiger partial charge < -0.3 is 19.3 Å². The average molecular weight is 523 g/mol. The van der Waals surface area contributed by atoms with Crippen molar-refractivity contribution in [3.63, 3.8) is 0 Å². The topological polar surface area (TPSA) is 92.0 Å². The zero-order valence-corrected chi connectivity index (χ0v) is 22.0. The number of rotatable bonds is 11. The number of aromatic amines is 1. The van der Waals surface area contributed by atoms with Gasteiger partial charge in [0.2, 0.25) is 6.41 Å². The second-order valence-corrected chi connectivity index (χ2v) is 10.3. The minimum absolute atomic E-state index is 0.0364. The Morgan fingerprint density at radius 2 is 1.82 bits per heavy atom. The van der Waals surface area contributed by atoms with Crippen LogP contribution in [-0.2, 0) is 30.6 Å². The fraction of sp³-hybridized carbons (Fsp3) is 0.323. The molecule has 3 aromatic heterocycles. The Hall–Kier alpha value is -4.17. The minimum atomic E-state index is 0.0364. The Morgan fingerprint density at radius 3 is 2.62 bits per heavy atom. The van der Waals surface area contributed by atoms with Gasteiger partial charge in [0.15, 0.2) is 5.82 Å². The Labute approximate surface area is 228 Å². The first-order valence-electron chi connectivity index (χ1n) is 13.8. The molecule has 4 heterocycles. The molecular weight excluding hydrogens is 488 g/mol. The zero-order chi connectivity index (χ0) is 26.4. The molecule has 2 aromatic carbocycles. The summed E-state index contributed by atoms with van der Waals surface area (Å²) in [6.07, 6.45) is 9.00. The van der Waals surface area contributed by atoms with E-state index in [2.05, 4.69) is 74.5 Å². The molecule has 1 fully saturated rings. The minimum Gasteiger partial charge on any atom is -0.467 e. The van der Waals surface area contributed by atoms with Crippen LogP contribution in [0.25, 0.3) is 10.9 Å². The molecule has 8 heteroatoms. The van der Waals surface area contributed by atoms with E-state index in [9.17, 15) is 4.79 Å². The van der Waals surface area contributed by atoms with E-state index < -0.39 is 0 Å². The number of nitrogens with zero attached hydrogens (tertiary/aromatic N) is 4. The number of aromatic nitrogens is 4. The van der Waals surface area contributed by atoms with Crippen molar-refractivity contribution in [2.24, 2.45) is 0 Å². The van der Waals surface area contributed by atoms with Crippen LogP contribution in [0.15, 0.2) is 83.6 Å². The van der Waals surface area contributed by atoms with Crippen molar-refractivity contribution in [2.75, 3.05) is 13.1 Å². The van der Waals surface area contributed by atoms with E-state index in [-0.39, 0.29) is 12.1 Å². The van der Waals surface area contributed by atoms with Crippen LogP contribution in [0.1, 0.15) is 47.4 Å². The fourth-order valence-corrected chi connectivity index (χ4v) is 5.78. The molecule has 1 atom stereocenters. The normalized spacial score (nSPS) is 15.5. The van der Waals surface area contributed by atoms with E-state index in [0.717, 1.165) is 74.5 Å². The van der Waals surface area contributed by atoms with Gasteiger partial charge in [-0.25, -0.2) is 0 Å². The standard InChI is InChI=1S/C31H34N6O2/c38-22-33-25-14-16-36(17-15-25)29(19-24-20-32-28-11-5-4-10-27(24)28)31-35-34-30(13-12-23-7-2-1-3-8-23)37(31)21-26-9-6-18-39-26/h1-11,18,20,22,25,29,32H,12-17,19,21H2,(H,33,38)/t29-/m1/s1. The number of piperidine rings is 1. The quantitative estimate of drug-likeness (QED) is 0.246. The molecular formula is C31H34N6O2. The molecule has 0 bridgehead atoms. The number of hydrogen-bond donors (Lipinski definition) is 2. The molecule has 0 aliphatic carbocycles. The summed E-state index contributed by atoms with van der Waals surface area (Å²) in [5, 5.41) is 13.8. The summed E-state index contributed by atoms with van der Waals surface area (Å²) in [6, 6.07) is 23.2. The highest BCUT2D eigenvalue weighted by atomic mass is 16.3. The number of hydrogen-bond acceptors (Lipinski definition) is 5. The third kappa shape index (κ3) is 5.66. The number of fused-ring (bicyclic) bond motifs is 1. The highest BCUT2D eigenvalue weighted by molar-refractivity contribution is 5.83. The van der Waals surface area contributed by atoms with Crippen LogP contribution in [0, 0.1) is 0 Å². The average Bonchev–Trinajstić information content (AvgIpc) is 3.73. The van der Waals surface area contributed by atoms with Gasteiger partial charge in [-0.15, -0.1) is 10.2 Å². The lowest BCUT2D eigenvalue weighted by atomic mass is 9.98. The summed E-state index contributed by atoms with van der Waals surface area (Å²) >= 11 is 0. The Morgan fingerprint density at radius 1 is 1.00 bits per heavy atom. The molecule has 5 aromatic rings. The van der Waals surface area contributed by atoms with Crippen LogP contribution >= 0.6 is 0 Å². The number of furan rings is 1. The van der Waals surface area contributed by atoms with Gasteiger partial charge in [0.25, 0.3) is 0 Å². The molecule has 0 spiro atoms. The Kier molecular flexibility index (Phi) is 7.54. The number of H-pyrrole nitrogens is 1. The maximum Gasteiger partial charge on any atom is 0.207 e. The number of carbonyl (C=O) groups is 1. The molecule has 0 radical (unpaired) electrons. The maximum atomic E-state index is 11.1. The van der Waals surface area contributed by atoms with Crippen molar-refractivity contribution in [1.29, 1.82) is 0 Å². The lowest BCUT2D eigenvalue weighted by Gasteiger charge is -2.37. The Bertz CT molecular complexity index is 1480. The molecule has 1 aliphatic heterocycles. The van der Waals surface area contributed by atoms with Crippen LogP contribution in [-0.4, -0.2) is 50.2 Å². The predicted molar refractivity (Wildman–Crippen MR) is 150 cm³/mol. The number of aryl methyl sites for hydroxylation is 2. The largest absolute Gasteiger partial charge is 0.467 e. The summed E-state index contributed by atoms with van der Waals surface area (Å²) in [5.41, 5.74) is 3.69. The number of likely N-dealkylation sites (tertiary alicyclic amines) is 1. The molecule has 2 N–H and O–H groups in total. The molecule has 200 valence electrons. The van der Waals surface area contributed by atoms with Crippen molar-refractivity contribution in [3.05, 3.63) is 108 Å². The van der Waals surface area contributed by atoms with Gasteiger partial charge in [0, 0.05) is 42.7 Å². The summed E-state index contributed by atoms with van der Waals surface area (Å²) in [5.74, 6) is 2.81. The molecule has 39 heavy (non-hydrogen) atoms. The number of amides is 1. The van der Waals surface area contributed by atoms with Crippen molar-refractivity contribution in [2.45, 2.75) is 50.7 Å². The first-order chi connectivity index (χ1) is 19.3. The van der Waals surface area contributed by atoms with Crippen molar-refractivity contribution >= 4 is 17.3 Å². The summed E-state index contributed by atoms with van der Waals surface area (Å²) in [4.78, 5) is 17.0. The summed E-state index contributed by atoms with van der Waals surface area (Å²) < 4.78 is 8.03. The lowest BCUT2D eigenvalue weighted by molar-refractivity contribution is -0.110. The van der Waals surface area contributed by atoms with Gasteiger partial charge in [-0.1, -0.05) is 48.5 Å². The van der Waals surface area contributed by atoms with Gasteiger partial charge in [0.05, 0.1) is 18.8 Å². The smallest absolute Gasteiger partial charge is 0.207 e. The third-order valence-corrected chi connectivity index (χ3v) is 7.89. The van der Waals surface area contributed by atoms with E-state index in [1.54, 1.807) is 6.26 Å². The lowest BCUT2D eigenvalue weighted by Crippen LogP contribution is -2.44. The van der Waals surface area contributed by atoms with Crippen molar-refractivity contribution < 1.29 is 9.21 Å². The molecule has 0 unspecified atom stereocenters. The van der Waals surface area contributed by atoms with Crippen LogP contribution < -0.4 is 5.32 Å². The first kappa shape index (κ1) is 25.1. The van der Waals surface area contributed by atoms with Crippen LogP contribution in [0.4, 0.5) is 0 Å². The molecule has 0 saturated carbocycles. The van der Waals surface area contributed by atoms with E-state index >= 15 is 0 Å². The monoisotopic (exact) mass is 522 g/mol. The van der Waals surface area contributed by atoms with Gasteiger partial charge in [-0.2, -0.15) is 0 Å². The molecule has 1 aliphatic rings. The summed E-state index contributed by atoms with van der Waals surface area (Å²) in [7, 11) is 0. The van der Waals surface area contributed by atoms with E-state index in [1.165, 1.54) is 16.5 Å². The van der Waals surface area contributed by atoms with Gasteiger partial charge in [-0.3, -0.25) is 9.69 Å². The molecule has 6 rings (SSSR count). The van der Waals surface area contributed by atoms with E-state index in [0.29, 0.717) is 6.54 Å². The second kappa shape index (κ2) is 11.7. The van der Waals surface area contributed by atoms with E-state index in [4.69, 9.17) is 14.6 Å². The van der Waals surface area contributed by atoms with Crippen molar-refractivity contribution in [1.82, 2.24) is 30.0 Å².